The quantitative estimate of drug-likeness (QED) is 0.354. The van der Waals surface area contributed by atoms with Gasteiger partial charge in [0.2, 0.25) is 0 Å². The molecule has 0 heterocycles. The van der Waals surface area contributed by atoms with Crippen molar-refractivity contribution in [3.63, 3.8) is 0 Å². The van der Waals surface area contributed by atoms with Crippen LogP contribution in [0.15, 0.2) is 0 Å². The van der Waals surface area contributed by atoms with E-state index >= 15 is 0 Å². The lowest BCUT2D eigenvalue weighted by Crippen LogP contribution is -1.64. The summed E-state index contributed by atoms with van der Waals surface area (Å²) in [6, 6.07) is 0. The summed E-state index contributed by atoms with van der Waals surface area (Å²) >= 11 is 0.843. The van der Waals surface area contributed by atoms with Crippen LogP contribution in [-0.2, 0) is 0 Å². The molecule has 0 aliphatic rings. The third kappa shape index (κ3) is 4.66. The van der Waals surface area contributed by atoms with Gasteiger partial charge in [0.25, 0.3) is 0 Å². The summed E-state index contributed by atoms with van der Waals surface area (Å²) in [4.78, 5) is 0. The SMILES string of the molecule is CCCSSO. The van der Waals surface area contributed by atoms with Crippen molar-refractivity contribution >= 4 is 21.9 Å². The fourth-order valence-electron chi connectivity index (χ4n) is 0.121. The maximum atomic E-state index is 8.08. The Balaban J connectivity index is 2.34. The lowest BCUT2D eigenvalue weighted by molar-refractivity contribution is 0.676. The zero-order valence-electron chi connectivity index (χ0n) is 3.68. The molecule has 0 atom stereocenters. The van der Waals surface area contributed by atoms with Crippen molar-refractivity contribution < 1.29 is 4.55 Å². The molecule has 0 amide bonds. The fourth-order valence-corrected chi connectivity index (χ4v) is 1.09. The van der Waals surface area contributed by atoms with Crippen LogP contribution in [0.2, 0.25) is 0 Å². The molecule has 0 aromatic heterocycles. The van der Waals surface area contributed by atoms with Gasteiger partial charge in [0, 0.05) is 5.75 Å². The van der Waals surface area contributed by atoms with E-state index in [0.29, 0.717) is 0 Å². The Morgan fingerprint density at radius 3 is 2.50 bits per heavy atom. The second-order valence-corrected chi connectivity index (χ2v) is 2.84. The second kappa shape index (κ2) is 5.66. The smallest absolute Gasteiger partial charge is 0.0593 e. The molecule has 0 saturated carbocycles. The van der Waals surface area contributed by atoms with E-state index < -0.39 is 0 Å². The molecule has 0 bridgehead atoms. The Bertz CT molecular complexity index is 20.8. The average molecular weight is 124 g/mol. The van der Waals surface area contributed by atoms with Gasteiger partial charge in [-0.05, 0) is 6.42 Å². The molecule has 3 heteroatoms. The van der Waals surface area contributed by atoms with Gasteiger partial charge in [0.15, 0.2) is 0 Å². The first kappa shape index (κ1) is 6.66. The highest BCUT2D eigenvalue weighted by atomic mass is 33.1. The predicted molar refractivity (Wildman–Crippen MR) is 33.0 cm³/mol. The Kier molecular flexibility index (Phi) is 6.28. The molecule has 0 rings (SSSR count). The molecule has 0 unspecified atom stereocenters. The molecule has 1 nitrogen and oxygen atoms in total. The Labute approximate surface area is 46.1 Å². The summed E-state index contributed by atoms with van der Waals surface area (Å²) in [6.07, 6.45) is 1.14. The fraction of sp³-hybridized carbons (Fsp3) is 1.00. The van der Waals surface area contributed by atoms with Crippen LogP contribution in [0.25, 0.3) is 0 Å². The van der Waals surface area contributed by atoms with Crippen molar-refractivity contribution in [2.24, 2.45) is 0 Å². The van der Waals surface area contributed by atoms with Crippen LogP contribution >= 0.6 is 21.9 Å². The van der Waals surface area contributed by atoms with Gasteiger partial charge in [-0.2, -0.15) is 0 Å². The number of hydrogen-bond acceptors (Lipinski definition) is 3. The van der Waals surface area contributed by atoms with Crippen molar-refractivity contribution in [1.29, 1.82) is 0 Å². The first-order valence-corrected chi connectivity index (χ1v) is 4.12. The van der Waals surface area contributed by atoms with Crippen LogP contribution in [0.5, 0.6) is 0 Å². The molecule has 0 spiro atoms. The maximum Gasteiger partial charge on any atom is 0.0593 e. The minimum absolute atomic E-state index is 0.843. The molecule has 0 saturated heterocycles. The summed E-state index contributed by atoms with van der Waals surface area (Å²) in [6.45, 7) is 2.09. The van der Waals surface area contributed by atoms with Crippen molar-refractivity contribution in [1.82, 2.24) is 0 Å². The van der Waals surface area contributed by atoms with E-state index in [1.54, 1.807) is 0 Å². The highest BCUT2D eigenvalue weighted by molar-refractivity contribution is 8.74. The Morgan fingerprint density at radius 1 is 1.67 bits per heavy atom. The normalized spacial score (nSPS) is 9.00. The predicted octanol–water partition coefficient (Wildman–Crippen LogP) is 2.25. The van der Waals surface area contributed by atoms with E-state index in [-0.39, 0.29) is 0 Å². The summed E-state index contributed by atoms with van der Waals surface area (Å²) < 4.78 is 8.08. The van der Waals surface area contributed by atoms with Gasteiger partial charge >= 0.3 is 0 Å². The molecule has 0 aromatic carbocycles. The third-order valence-electron chi connectivity index (χ3n) is 0.340. The van der Waals surface area contributed by atoms with Gasteiger partial charge in [0.05, 0.1) is 11.1 Å². The Morgan fingerprint density at radius 2 is 2.33 bits per heavy atom. The monoisotopic (exact) mass is 124 g/mol. The number of hydrogen-bond donors (Lipinski definition) is 1. The molecular weight excluding hydrogens is 116 g/mol. The average Bonchev–Trinajstić information content (AvgIpc) is 1.61. The highest BCUT2D eigenvalue weighted by Crippen LogP contribution is 2.15. The van der Waals surface area contributed by atoms with Crippen LogP contribution in [-0.4, -0.2) is 10.3 Å². The molecule has 0 fully saturated rings. The van der Waals surface area contributed by atoms with E-state index in [1.165, 1.54) is 10.8 Å². The molecule has 0 aromatic rings. The first-order valence-electron chi connectivity index (χ1n) is 1.85. The van der Waals surface area contributed by atoms with Crippen LogP contribution in [0, 0.1) is 0 Å². The highest BCUT2D eigenvalue weighted by Gasteiger charge is 1.77. The van der Waals surface area contributed by atoms with Crippen LogP contribution < -0.4 is 0 Å². The van der Waals surface area contributed by atoms with Gasteiger partial charge in [-0.25, -0.2) is 0 Å². The molecule has 1 N–H and O–H groups in total. The minimum atomic E-state index is 0.843. The van der Waals surface area contributed by atoms with Gasteiger partial charge in [-0.15, -0.1) is 0 Å². The second-order valence-electron chi connectivity index (χ2n) is 0.897. The largest absolute Gasteiger partial charge is 0.321 e. The van der Waals surface area contributed by atoms with Crippen molar-refractivity contribution in [2.75, 3.05) is 5.75 Å². The van der Waals surface area contributed by atoms with Crippen LogP contribution in [0.3, 0.4) is 0 Å². The van der Waals surface area contributed by atoms with E-state index in [0.717, 1.165) is 23.2 Å². The van der Waals surface area contributed by atoms with Crippen molar-refractivity contribution in [2.45, 2.75) is 13.3 Å². The molecule has 6 heavy (non-hydrogen) atoms. The summed E-state index contributed by atoms with van der Waals surface area (Å²) in [5.74, 6) is 1.04. The summed E-state index contributed by atoms with van der Waals surface area (Å²) in [5, 5.41) is 0. The van der Waals surface area contributed by atoms with Gasteiger partial charge in [-0.3, -0.25) is 0 Å². The van der Waals surface area contributed by atoms with Gasteiger partial charge in [0.1, 0.15) is 0 Å². The van der Waals surface area contributed by atoms with Gasteiger partial charge < -0.3 is 4.55 Å². The molecule has 0 aliphatic heterocycles. The van der Waals surface area contributed by atoms with Crippen LogP contribution in [0.1, 0.15) is 13.3 Å². The first-order chi connectivity index (χ1) is 2.91. The van der Waals surface area contributed by atoms with E-state index in [1.807, 2.05) is 0 Å². The topological polar surface area (TPSA) is 20.2 Å². The van der Waals surface area contributed by atoms with E-state index in [2.05, 4.69) is 6.92 Å². The zero-order valence-corrected chi connectivity index (χ0v) is 5.31. The molecule has 0 radical (unpaired) electrons. The third-order valence-corrected chi connectivity index (χ3v) is 1.84. The van der Waals surface area contributed by atoms with Gasteiger partial charge in [-0.1, -0.05) is 17.7 Å². The lowest BCUT2D eigenvalue weighted by atomic mass is 10.6. The molecule has 38 valence electrons. The minimum Gasteiger partial charge on any atom is -0.321 e. The van der Waals surface area contributed by atoms with E-state index in [4.69, 9.17) is 4.55 Å². The lowest BCUT2D eigenvalue weighted by Gasteiger charge is -1.84. The maximum absolute atomic E-state index is 8.08. The standard InChI is InChI=1S/C3H8OS2/c1-2-3-5-6-4/h4H,2-3H2,1H3. The Hall–Kier alpha value is 0.660. The van der Waals surface area contributed by atoms with Crippen molar-refractivity contribution in [3.8, 4) is 0 Å². The van der Waals surface area contributed by atoms with Crippen molar-refractivity contribution in [3.05, 3.63) is 0 Å². The summed E-state index contributed by atoms with van der Waals surface area (Å²) in [7, 11) is 1.48. The molecular formula is C3H8OS2. The molecule has 0 aliphatic carbocycles. The van der Waals surface area contributed by atoms with Crippen LogP contribution in [0.4, 0.5) is 0 Å². The van der Waals surface area contributed by atoms with E-state index in [9.17, 15) is 0 Å². The number of rotatable bonds is 3. The summed E-state index contributed by atoms with van der Waals surface area (Å²) in [5.41, 5.74) is 0. The zero-order chi connectivity index (χ0) is 4.83.